The lowest BCUT2D eigenvalue weighted by molar-refractivity contribution is 0.313. The highest BCUT2D eigenvalue weighted by molar-refractivity contribution is 5.29. The molecule has 1 N–H and O–H groups in total. The third kappa shape index (κ3) is 1.99. The molecule has 2 aliphatic carbocycles. The lowest BCUT2D eigenvalue weighted by Crippen LogP contribution is -2.25. The van der Waals surface area contributed by atoms with E-state index in [-0.39, 0.29) is 0 Å². The standard InChI is InChI=1S/C15H22N2/c1-16-10-12-4-2-6-13(12)14-8-7-11-5-3-9-17-15(11)14/h3,5,9,12-14,16H,2,4,6-8,10H2,1H3. The van der Waals surface area contributed by atoms with Crippen molar-refractivity contribution in [3.8, 4) is 0 Å². The zero-order chi connectivity index (χ0) is 11.7. The number of nitrogens with zero attached hydrogens (tertiary/aromatic N) is 1. The minimum atomic E-state index is 0.743. The van der Waals surface area contributed by atoms with E-state index < -0.39 is 0 Å². The molecule has 92 valence electrons. The number of pyridine rings is 1. The van der Waals surface area contributed by atoms with Gasteiger partial charge >= 0.3 is 0 Å². The van der Waals surface area contributed by atoms with Gasteiger partial charge in [0.15, 0.2) is 0 Å². The van der Waals surface area contributed by atoms with Crippen molar-refractivity contribution >= 4 is 0 Å². The summed E-state index contributed by atoms with van der Waals surface area (Å²) in [6.45, 7) is 1.18. The average Bonchev–Trinajstić information content (AvgIpc) is 2.95. The van der Waals surface area contributed by atoms with Crippen molar-refractivity contribution in [1.82, 2.24) is 10.3 Å². The maximum atomic E-state index is 4.66. The fourth-order valence-corrected chi connectivity index (χ4v) is 3.97. The van der Waals surface area contributed by atoms with Crippen LogP contribution in [0.25, 0.3) is 0 Å². The normalized spacial score (nSPS) is 31.7. The lowest BCUT2D eigenvalue weighted by Gasteiger charge is -2.25. The largest absolute Gasteiger partial charge is 0.319 e. The Kier molecular flexibility index (Phi) is 3.15. The molecule has 1 saturated carbocycles. The number of hydrogen-bond acceptors (Lipinski definition) is 2. The van der Waals surface area contributed by atoms with Gasteiger partial charge in [0.25, 0.3) is 0 Å². The summed E-state index contributed by atoms with van der Waals surface area (Å²) < 4.78 is 0. The Morgan fingerprint density at radius 2 is 2.29 bits per heavy atom. The van der Waals surface area contributed by atoms with Gasteiger partial charge in [-0.15, -0.1) is 0 Å². The van der Waals surface area contributed by atoms with Crippen LogP contribution in [-0.2, 0) is 6.42 Å². The summed E-state index contributed by atoms with van der Waals surface area (Å²) in [5.41, 5.74) is 2.92. The predicted octanol–water partition coefficient (Wildman–Crippen LogP) is 2.75. The van der Waals surface area contributed by atoms with Crippen LogP contribution in [0.3, 0.4) is 0 Å². The Morgan fingerprint density at radius 3 is 3.18 bits per heavy atom. The van der Waals surface area contributed by atoms with Gasteiger partial charge in [0, 0.05) is 17.8 Å². The predicted molar refractivity (Wildman–Crippen MR) is 70.1 cm³/mol. The van der Waals surface area contributed by atoms with Crippen LogP contribution in [-0.4, -0.2) is 18.6 Å². The molecule has 2 nitrogen and oxygen atoms in total. The van der Waals surface area contributed by atoms with Gasteiger partial charge in [-0.25, -0.2) is 0 Å². The molecule has 0 amide bonds. The van der Waals surface area contributed by atoms with Crippen LogP contribution in [0.4, 0.5) is 0 Å². The topological polar surface area (TPSA) is 24.9 Å². The summed E-state index contributed by atoms with van der Waals surface area (Å²) in [6.07, 6.45) is 8.78. The second-order valence-corrected chi connectivity index (χ2v) is 5.61. The molecule has 1 fully saturated rings. The Hall–Kier alpha value is -0.890. The van der Waals surface area contributed by atoms with Crippen molar-refractivity contribution < 1.29 is 0 Å². The Balaban J connectivity index is 1.81. The molecule has 3 atom stereocenters. The van der Waals surface area contributed by atoms with Gasteiger partial charge in [-0.1, -0.05) is 12.5 Å². The van der Waals surface area contributed by atoms with Gasteiger partial charge in [-0.3, -0.25) is 4.98 Å². The summed E-state index contributed by atoms with van der Waals surface area (Å²) >= 11 is 0. The van der Waals surface area contributed by atoms with E-state index in [9.17, 15) is 0 Å². The van der Waals surface area contributed by atoms with Crippen molar-refractivity contribution in [3.63, 3.8) is 0 Å². The maximum absolute atomic E-state index is 4.66. The highest BCUT2D eigenvalue weighted by Gasteiger charge is 2.37. The highest BCUT2D eigenvalue weighted by Crippen LogP contribution is 2.46. The SMILES string of the molecule is CNCC1CCCC1C1CCc2cccnc21. The van der Waals surface area contributed by atoms with Crippen LogP contribution < -0.4 is 5.32 Å². The molecular weight excluding hydrogens is 208 g/mol. The van der Waals surface area contributed by atoms with E-state index in [0.29, 0.717) is 0 Å². The Bertz CT molecular complexity index is 388. The molecule has 0 radical (unpaired) electrons. The first-order valence-electron chi connectivity index (χ1n) is 6.98. The summed E-state index contributed by atoms with van der Waals surface area (Å²) in [5, 5.41) is 3.37. The van der Waals surface area contributed by atoms with Crippen LogP contribution in [0.2, 0.25) is 0 Å². The van der Waals surface area contributed by atoms with Crippen LogP contribution in [0, 0.1) is 11.8 Å². The summed E-state index contributed by atoms with van der Waals surface area (Å²) in [4.78, 5) is 4.66. The first-order chi connectivity index (χ1) is 8.40. The second kappa shape index (κ2) is 4.77. The van der Waals surface area contributed by atoms with E-state index in [1.165, 1.54) is 49.9 Å². The van der Waals surface area contributed by atoms with Crippen LogP contribution in [0.5, 0.6) is 0 Å². The fraction of sp³-hybridized carbons (Fsp3) is 0.667. The van der Waals surface area contributed by atoms with Crippen LogP contribution in [0.15, 0.2) is 18.3 Å². The monoisotopic (exact) mass is 230 g/mol. The fourth-order valence-electron chi connectivity index (χ4n) is 3.97. The molecular formula is C15H22N2. The minimum Gasteiger partial charge on any atom is -0.319 e. The van der Waals surface area contributed by atoms with Crippen LogP contribution in [0.1, 0.15) is 42.9 Å². The van der Waals surface area contributed by atoms with Crippen molar-refractivity contribution in [1.29, 1.82) is 0 Å². The quantitative estimate of drug-likeness (QED) is 0.863. The van der Waals surface area contributed by atoms with E-state index in [1.54, 1.807) is 0 Å². The Labute approximate surface area is 104 Å². The lowest BCUT2D eigenvalue weighted by atomic mass is 9.82. The van der Waals surface area contributed by atoms with Crippen molar-refractivity contribution in [2.45, 2.75) is 38.0 Å². The molecule has 2 heteroatoms. The number of aromatic nitrogens is 1. The van der Waals surface area contributed by atoms with E-state index >= 15 is 0 Å². The summed E-state index contributed by atoms with van der Waals surface area (Å²) in [7, 11) is 2.08. The van der Waals surface area contributed by atoms with Gasteiger partial charge in [-0.05, 0) is 62.7 Å². The van der Waals surface area contributed by atoms with E-state index in [4.69, 9.17) is 0 Å². The first kappa shape index (κ1) is 11.2. The maximum Gasteiger partial charge on any atom is 0.0469 e. The molecule has 2 aliphatic rings. The zero-order valence-corrected chi connectivity index (χ0v) is 10.7. The summed E-state index contributed by atoms with van der Waals surface area (Å²) in [6, 6.07) is 4.35. The van der Waals surface area contributed by atoms with Crippen molar-refractivity contribution in [3.05, 3.63) is 29.6 Å². The molecule has 0 bridgehead atoms. The van der Waals surface area contributed by atoms with E-state index in [1.807, 2.05) is 6.20 Å². The summed E-state index contributed by atoms with van der Waals surface area (Å²) in [5.74, 6) is 2.49. The molecule has 0 aliphatic heterocycles. The van der Waals surface area contributed by atoms with E-state index in [2.05, 4.69) is 29.5 Å². The number of aryl methyl sites for hydroxylation is 1. The minimum absolute atomic E-state index is 0.743. The smallest absolute Gasteiger partial charge is 0.0469 e. The molecule has 1 heterocycles. The van der Waals surface area contributed by atoms with E-state index in [0.717, 1.165) is 17.8 Å². The molecule has 3 rings (SSSR count). The Morgan fingerprint density at radius 1 is 1.35 bits per heavy atom. The third-order valence-electron chi connectivity index (χ3n) is 4.70. The number of fused-ring (bicyclic) bond motifs is 1. The van der Waals surface area contributed by atoms with Gasteiger partial charge in [-0.2, -0.15) is 0 Å². The zero-order valence-electron chi connectivity index (χ0n) is 10.7. The molecule has 3 unspecified atom stereocenters. The average molecular weight is 230 g/mol. The van der Waals surface area contributed by atoms with Crippen molar-refractivity contribution in [2.75, 3.05) is 13.6 Å². The molecule has 1 aromatic rings. The number of hydrogen-bond donors (Lipinski definition) is 1. The van der Waals surface area contributed by atoms with Crippen molar-refractivity contribution in [2.24, 2.45) is 11.8 Å². The number of nitrogens with one attached hydrogen (secondary N) is 1. The highest BCUT2D eigenvalue weighted by atomic mass is 14.8. The molecule has 17 heavy (non-hydrogen) atoms. The van der Waals surface area contributed by atoms with Gasteiger partial charge < -0.3 is 5.32 Å². The van der Waals surface area contributed by atoms with Gasteiger partial charge in [0.05, 0.1) is 0 Å². The first-order valence-corrected chi connectivity index (χ1v) is 6.98. The third-order valence-corrected chi connectivity index (χ3v) is 4.70. The number of rotatable bonds is 3. The van der Waals surface area contributed by atoms with Crippen LogP contribution >= 0.6 is 0 Å². The molecule has 0 saturated heterocycles. The molecule has 0 aromatic carbocycles. The second-order valence-electron chi connectivity index (χ2n) is 5.61. The molecule has 0 spiro atoms. The van der Waals surface area contributed by atoms with Gasteiger partial charge in [0.2, 0.25) is 0 Å². The van der Waals surface area contributed by atoms with Gasteiger partial charge in [0.1, 0.15) is 0 Å². The molecule has 1 aromatic heterocycles.